The van der Waals surface area contributed by atoms with Crippen molar-refractivity contribution in [3.8, 4) is 0 Å². The second kappa shape index (κ2) is 10.4. The van der Waals surface area contributed by atoms with Crippen LogP contribution >= 0.6 is 22.5 Å². The fourth-order valence-corrected chi connectivity index (χ4v) is 1.46. The van der Waals surface area contributed by atoms with Crippen molar-refractivity contribution < 1.29 is 4.98 Å². The molecule has 0 atom stereocenters. The van der Waals surface area contributed by atoms with Crippen LogP contribution in [0, 0.1) is 0 Å². The molecular formula is C16H21N2S2+. The van der Waals surface area contributed by atoms with E-state index in [-0.39, 0.29) is 0 Å². The van der Waals surface area contributed by atoms with Crippen molar-refractivity contribution in [1.82, 2.24) is 0 Å². The van der Waals surface area contributed by atoms with Gasteiger partial charge in [0.15, 0.2) is 6.20 Å². The summed E-state index contributed by atoms with van der Waals surface area (Å²) in [5.41, 5.74) is 3.42. The van der Waals surface area contributed by atoms with E-state index in [0.29, 0.717) is 0 Å². The summed E-state index contributed by atoms with van der Waals surface area (Å²) in [6.07, 6.45) is 6.07. The highest BCUT2D eigenvalue weighted by atomic mass is 33.1. The Morgan fingerprint density at radius 3 is 2.35 bits per heavy atom. The largest absolute Gasteiger partial charge is 0.388 e. The van der Waals surface area contributed by atoms with Crippen molar-refractivity contribution in [3.63, 3.8) is 0 Å². The van der Waals surface area contributed by atoms with Crippen molar-refractivity contribution >= 4 is 40.3 Å². The van der Waals surface area contributed by atoms with E-state index in [9.17, 15) is 0 Å². The van der Waals surface area contributed by atoms with Gasteiger partial charge >= 0.3 is 0 Å². The fraction of sp³-hybridized carbons (Fsp3) is 0.188. The van der Waals surface area contributed by atoms with Gasteiger partial charge in [-0.3, -0.25) is 0 Å². The maximum atomic E-state index is 3.84. The Labute approximate surface area is 130 Å². The smallest absolute Gasteiger partial charge is 0.203 e. The number of aromatic nitrogens is 1. The molecule has 1 aromatic carbocycles. The van der Waals surface area contributed by atoms with E-state index in [0.717, 1.165) is 17.1 Å². The molecule has 2 aromatic rings. The van der Waals surface area contributed by atoms with E-state index < -0.39 is 0 Å². The number of rotatable bonds is 4. The first kappa shape index (κ1) is 16.7. The summed E-state index contributed by atoms with van der Waals surface area (Å²) < 4.78 is 0. The number of pyridine rings is 1. The molecule has 0 unspecified atom stereocenters. The number of nitrogens with one attached hydrogen (secondary N) is 2. The van der Waals surface area contributed by atoms with Crippen LogP contribution in [-0.4, -0.2) is 12.8 Å². The highest BCUT2D eigenvalue weighted by Gasteiger charge is 1.92. The Kier molecular flexibility index (Phi) is 8.67. The quantitative estimate of drug-likeness (QED) is 0.651. The summed E-state index contributed by atoms with van der Waals surface area (Å²) in [6, 6.07) is 14.3. The van der Waals surface area contributed by atoms with Gasteiger partial charge in [0.25, 0.3) is 0 Å². The van der Waals surface area contributed by atoms with Crippen molar-refractivity contribution in [2.75, 3.05) is 18.1 Å². The van der Waals surface area contributed by atoms with Crippen LogP contribution in [0.15, 0.2) is 48.7 Å². The average molecular weight is 305 g/mol. The lowest BCUT2D eigenvalue weighted by molar-refractivity contribution is -0.380. The molecule has 0 aliphatic carbocycles. The van der Waals surface area contributed by atoms with Crippen LogP contribution in [-0.2, 0) is 0 Å². The van der Waals surface area contributed by atoms with Gasteiger partial charge in [0, 0.05) is 36.7 Å². The second-order valence-electron chi connectivity index (χ2n) is 3.94. The van der Waals surface area contributed by atoms with Crippen molar-refractivity contribution in [3.05, 3.63) is 59.9 Å². The van der Waals surface area contributed by atoms with Gasteiger partial charge in [-0.25, -0.2) is 4.98 Å². The number of hydrogen-bond acceptors (Lipinski definition) is 3. The molecule has 1 heterocycles. The Balaban J connectivity index is 0.000000444. The van der Waals surface area contributed by atoms with Crippen molar-refractivity contribution in [2.24, 2.45) is 0 Å². The Bertz CT molecular complexity index is 494. The summed E-state index contributed by atoms with van der Waals surface area (Å²) >= 11 is 3.84. The number of H-pyrrole nitrogens is 1. The number of benzene rings is 1. The Morgan fingerprint density at radius 1 is 1.15 bits per heavy atom. The monoisotopic (exact) mass is 305 g/mol. The van der Waals surface area contributed by atoms with Gasteiger partial charge in [-0.15, -0.1) is 11.7 Å². The number of aromatic amines is 1. The van der Waals surface area contributed by atoms with Gasteiger partial charge in [-0.2, -0.15) is 0 Å². The van der Waals surface area contributed by atoms with Gasteiger partial charge in [0.1, 0.15) is 0 Å². The zero-order valence-electron chi connectivity index (χ0n) is 11.8. The van der Waals surface area contributed by atoms with Crippen LogP contribution in [0.3, 0.4) is 0 Å². The molecule has 0 saturated heterocycles. The Morgan fingerprint density at radius 2 is 1.85 bits per heavy atom. The molecule has 0 fully saturated rings. The molecule has 0 spiro atoms. The zero-order chi connectivity index (χ0) is 14.6. The van der Waals surface area contributed by atoms with Gasteiger partial charge in [-0.05, 0) is 29.8 Å². The van der Waals surface area contributed by atoms with E-state index >= 15 is 0 Å². The second-order valence-corrected chi connectivity index (χ2v) is 5.55. The number of thiol groups is 1. The highest BCUT2D eigenvalue weighted by Crippen LogP contribution is 2.10. The summed E-state index contributed by atoms with van der Waals surface area (Å²) in [5, 5.41) is 3.10. The van der Waals surface area contributed by atoms with Crippen LogP contribution in [0.5, 0.6) is 0 Å². The van der Waals surface area contributed by atoms with E-state index in [1.54, 1.807) is 10.8 Å². The predicted octanol–water partition coefficient (Wildman–Crippen LogP) is 4.30. The topological polar surface area (TPSA) is 26.2 Å². The average Bonchev–Trinajstić information content (AvgIpc) is 2.54. The molecule has 20 heavy (non-hydrogen) atoms. The molecule has 0 saturated carbocycles. The summed E-state index contributed by atoms with van der Waals surface area (Å²) in [4.78, 5) is 3.16. The van der Waals surface area contributed by atoms with Gasteiger partial charge in [-0.1, -0.05) is 29.9 Å². The van der Waals surface area contributed by atoms with E-state index in [4.69, 9.17) is 0 Å². The third-order valence-electron chi connectivity index (χ3n) is 2.52. The molecule has 0 aliphatic heterocycles. The molecule has 2 nitrogen and oxygen atoms in total. The molecule has 0 radical (unpaired) electrons. The lowest BCUT2D eigenvalue weighted by Crippen LogP contribution is -2.03. The minimum atomic E-state index is 1.10. The van der Waals surface area contributed by atoms with Crippen LogP contribution in [0.1, 0.15) is 18.2 Å². The van der Waals surface area contributed by atoms with Crippen LogP contribution in [0.4, 0.5) is 5.69 Å². The molecule has 106 valence electrons. The van der Waals surface area contributed by atoms with E-state index in [1.165, 1.54) is 5.56 Å². The van der Waals surface area contributed by atoms with Gasteiger partial charge < -0.3 is 5.32 Å². The SMILES string of the molecule is CCSS.CNc1ccc(/C=C/c2cccc[nH+]2)cc1. The molecule has 4 heteroatoms. The number of hydrogen-bond donors (Lipinski definition) is 2. The fourth-order valence-electron chi connectivity index (χ4n) is 1.46. The molecule has 2 N–H and O–H groups in total. The Hall–Kier alpha value is -1.39. The van der Waals surface area contributed by atoms with Crippen LogP contribution in [0.25, 0.3) is 12.2 Å². The van der Waals surface area contributed by atoms with Crippen LogP contribution in [0.2, 0.25) is 0 Å². The standard InChI is InChI=1S/C14H14N2.C2H6S2/c1-15-13-8-5-12(6-9-13)7-10-14-4-2-3-11-16-14;1-2-4-3/h2-11,15H,1H3;3H,2H2,1H3/p+1/b10-7+;. The zero-order valence-corrected chi connectivity index (χ0v) is 13.5. The predicted molar refractivity (Wildman–Crippen MR) is 95.0 cm³/mol. The molecule has 2 rings (SSSR count). The minimum Gasteiger partial charge on any atom is -0.388 e. The van der Waals surface area contributed by atoms with Crippen LogP contribution < -0.4 is 10.3 Å². The first-order chi connectivity index (χ1) is 9.80. The highest BCUT2D eigenvalue weighted by molar-refractivity contribution is 8.68. The van der Waals surface area contributed by atoms with E-state index in [2.05, 4.69) is 65.3 Å². The first-order valence-corrected chi connectivity index (χ1v) is 8.53. The molecule has 0 amide bonds. The maximum absolute atomic E-state index is 3.84. The van der Waals surface area contributed by atoms with Crippen molar-refractivity contribution in [2.45, 2.75) is 6.92 Å². The summed E-state index contributed by atoms with van der Waals surface area (Å²) in [6.45, 7) is 2.07. The minimum absolute atomic E-state index is 1.10. The summed E-state index contributed by atoms with van der Waals surface area (Å²) in [7, 11) is 3.47. The third kappa shape index (κ3) is 6.68. The lowest BCUT2D eigenvalue weighted by Gasteiger charge is -1.98. The van der Waals surface area contributed by atoms with Gasteiger partial charge in [0.2, 0.25) is 5.69 Å². The van der Waals surface area contributed by atoms with Gasteiger partial charge in [0.05, 0.1) is 0 Å². The maximum Gasteiger partial charge on any atom is 0.203 e. The lowest BCUT2D eigenvalue weighted by atomic mass is 10.2. The normalized spacial score (nSPS) is 9.95. The molecular weight excluding hydrogens is 284 g/mol. The third-order valence-corrected chi connectivity index (χ3v) is 3.55. The molecule has 0 bridgehead atoms. The molecule has 1 aromatic heterocycles. The van der Waals surface area contributed by atoms with Crippen molar-refractivity contribution in [1.29, 1.82) is 0 Å². The molecule has 0 aliphatic rings. The van der Waals surface area contributed by atoms with E-state index in [1.807, 2.05) is 31.4 Å². The summed E-state index contributed by atoms with van der Waals surface area (Å²) in [5.74, 6) is 1.10. The number of anilines is 1. The first-order valence-electron chi connectivity index (χ1n) is 6.49.